The number of rotatable bonds is 12. The van der Waals surface area contributed by atoms with Crippen molar-refractivity contribution in [3.05, 3.63) is 65.7 Å². The first-order valence-electron chi connectivity index (χ1n) is 11.2. The molecule has 0 amide bonds. The second-order valence-electron chi connectivity index (χ2n) is 9.08. The molecular weight excluding hydrogens is 418 g/mol. The van der Waals surface area contributed by atoms with Crippen molar-refractivity contribution < 1.29 is 18.7 Å². The van der Waals surface area contributed by atoms with Gasteiger partial charge in [-0.05, 0) is 69.2 Å². The van der Waals surface area contributed by atoms with Gasteiger partial charge in [-0.2, -0.15) is 0 Å². The number of ether oxygens (including phenoxy) is 2. The van der Waals surface area contributed by atoms with E-state index in [1.165, 1.54) is 0 Å². The summed E-state index contributed by atoms with van der Waals surface area (Å²) in [4.78, 5) is 11.9. The lowest BCUT2D eigenvalue weighted by Crippen LogP contribution is -2.32. The number of nitrogens with two attached hydrogens (primary N) is 1. The van der Waals surface area contributed by atoms with Crippen LogP contribution in [-0.2, 0) is 20.4 Å². The summed E-state index contributed by atoms with van der Waals surface area (Å²) in [5.74, 6) is 0.613. The largest absolute Gasteiger partial charge is 0.493 e. The van der Waals surface area contributed by atoms with Gasteiger partial charge < -0.3 is 19.6 Å². The highest BCUT2D eigenvalue weighted by atomic mass is 28.4. The molecule has 1 atom stereocenters. The van der Waals surface area contributed by atoms with Crippen molar-refractivity contribution in [1.29, 1.82) is 0 Å². The topological polar surface area (TPSA) is 70.8 Å². The second-order valence-corrected chi connectivity index (χ2v) is 13.5. The van der Waals surface area contributed by atoms with E-state index in [9.17, 15) is 4.79 Å². The molecule has 0 spiro atoms. The third-order valence-electron chi connectivity index (χ3n) is 4.52. The van der Waals surface area contributed by atoms with Gasteiger partial charge in [-0.3, -0.25) is 4.79 Å². The van der Waals surface area contributed by atoms with Crippen molar-refractivity contribution >= 4 is 26.1 Å². The van der Waals surface area contributed by atoms with Crippen LogP contribution in [0.15, 0.2) is 54.6 Å². The molecule has 0 bridgehead atoms. The number of carbonyl (C=O) groups excluding carboxylic acids is 1. The standard InChI is InChI=1S/C26H37NO4Si/c1-20(2)30-26(28)16-14-22-10-6-7-12-25(22)29-18-17-24(31-32(3,4)5)15-13-21-9-8-11-23(27)19-21/h6-13,15,19-20,24H,14,16-18,27H2,1-5H3/b15-13+/t24-/m0/s1. The molecule has 0 unspecified atom stereocenters. The van der Waals surface area contributed by atoms with E-state index in [1.807, 2.05) is 62.4 Å². The Balaban J connectivity index is 1.97. The minimum absolute atomic E-state index is 0.0451. The average molecular weight is 456 g/mol. The summed E-state index contributed by atoms with van der Waals surface area (Å²) >= 11 is 0. The molecule has 0 aromatic heterocycles. The summed E-state index contributed by atoms with van der Waals surface area (Å²) in [5, 5.41) is 0. The van der Waals surface area contributed by atoms with Crippen LogP contribution in [0.5, 0.6) is 5.75 Å². The smallest absolute Gasteiger partial charge is 0.306 e. The first-order chi connectivity index (χ1) is 15.1. The molecule has 2 rings (SSSR count). The second kappa shape index (κ2) is 12.5. The van der Waals surface area contributed by atoms with Crippen molar-refractivity contribution in [3.63, 3.8) is 0 Å². The zero-order chi connectivity index (χ0) is 23.6. The fourth-order valence-electron chi connectivity index (χ4n) is 3.22. The normalized spacial score (nSPS) is 12.8. The fourth-order valence-corrected chi connectivity index (χ4v) is 4.33. The molecule has 0 aliphatic heterocycles. The van der Waals surface area contributed by atoms with Crippen LogP contribution < -0.4 is 10.5 Å². The van der Waals surface area contributed by atoms with Gasteiger partial charge in [0.15, 0.2) is 8.32 Å². The number of hydrogen-bond donors (Lipinski definition) is 1. The van der Waals surface area contributed by atoms with Crippen LogP contribution in [0, 0.1) is 0 Å². The van der Waals surface area contributed by atoms with E-state index in [-0.39, 0.29) is 18.2 Å². The van der Waals surface area contributed by atoms with Gasteiger partial charge in [-0.25, -0.2) is 0 Å². The molecule has 0 aliphatic rings. The molecule has 0 saturated heterocycles. The number of carbonyl (C=O) groups is 1. The monoisotopic (exact) mass is 455 g/mol. The molecule has 0 radical (unpaired) electrons. The molecule has 174 valence electrons. The van der Waals surface area contributed by atoms with Crippen LogP contribution in [0.2, 0.25) is 19.6 Å². The summed E-state index contributed by atoms with van der Waals surface area (Å²) in [5.41, 5.74) is 8.68. The highest BCUT2D eigenvalue weighted by molar-refractivity contribution is 6.69. The van der Waals surface area contributed by atoms with Crippen LogP contribution in [0.1, 0.15) is 37.8 Å². The van der Waals surface area contributed by atoms with Gasteiger partial charge in [-0.1, -0.05) is 42.5 Å². The van der Waals surface area contributed by atoms with Crippen molar-refractivity contribution in [1.82, 2.24) is 0 Å². The molecule has 0 fully saturated rings. The maximum Gasteiger partial charge on any atom is 0.306 e. The predicted molar refractivity (Wildman–Crippen MR) is 134 cm³/mol. The maximum atomic E-state index is 11.9. The minimum Gasteiger partial charge on any atom is -0.493 e. The average Bonchev–Trinajstić information content (AvgIpc) is 2.70. The zero-order valence-electron chi connectivity index (χ0n) is 20.0. The number of para-hydroxylation sites is 1. The van der Waals surface area contributed by atoms with E-state index in [4.69, 9.17) is 19.6 Å². The SMILES string of the molecule is CC(C)OC(=O)CCc1ccccc1OCC[C@H](/C=C/c1cccc(N)c1)O[Si](C)(C)C. The van der Waals surface area contributed by atoms with Crippen molar-refractivity contribution in [2.45, 2.75) is 65.0 Å². The van der Waals surface area contributed by atoms with Crippen molar-refractivity contribution in [2.75, 3.05) is 12.3 Å². The van der Waals surface area contributed by atoms with Crippen LogP contribution in [0.4, 0.5) is 5.69 Å². The lowest BCUT2D eigenvalue weighted by molar-refractivity contribution is -0.147. The van der Waals surface area contributed by atoms with Gasteiger partial charge in [0, 0.05) is 18.5 Å². The Labute approximate surface area is 193 Å². The van der Waals surface area contributed by atoms with E-state index in [2.05, 4.69) is 31.8 Å². The minimum atomic E-state index is -1.73. The van der Waals surface area contributed by atoms with Crippen molar-refractivity contribution in [3.8, 4) is 5.75 Å². The number of aryl methyl sites for hydroxylation is 1. The number of hydrogen-bond acceptors (Lipinski definition) is 5. The first-order valence-corrected chi connectivity index (χ1v) is 14.6. The zero-order valence-corrected chi connectivity index (χ0v) is 21.0. The van der Waals surface area contributed by atoms with E-state index >= 15 is 0 Å². The van der Waals surface area contributed by atoms with Gasteiger partial charge in [0.25, 0.3) is 0 Å². The van der Waals surface area contributed by atoms with Crippen molar-refractivity contribution in [2.24, 2.45) is 0 Å². The fraction of sp³-hybridized carbons (Fsp3) is 0.423. The molecule has 2 N–H and O–H groups in total. The highest BCUT2D eigenvalue weighted by Gasteiger charge is 2.20. The number of nitrogen functional groups attached to an aromatic ring is 1. The third-order valence-corrected chi connectivity index (χ3v) is 5.53. The Morgan fingerprint density at radius 2 is 1.84 bits per heavy atom. The Kier molecular flexibility index (Phi) is 10.0. The predicted octanol–water partition coefficient (Wildman–Crippen LogP) is 5.86. The molecule has 5 nitrogen and oxygen atoms in total. The Morgan fingerprint density at radius 1 is 1.09 bits per heavy atom. The van der Waals surface area contributed by atoms with E-state index in [0.717, 1.165) is 29.0 Å². The van der Waals surface area contributed by atoms with E-state index in [1.54, 1.807) is 0 Å². The maximum absolute atomic E-state index is 11.9. The summed E-state index contributed by atoms with van der Waals surface area (Å²) in [6.07, 6.45) is 5.65. The van der Waals surface area contributed by atoms with Gasteiger partial charge in [0.05, 0.1) is 18.8 Å². The molecule has 2 aromatic carbocycles. The van der Waals surface area contributed by atoms with Crippen LogP contribution >= 0.6 is 0 Å². The van der Waals surface area contributed by atoms with Crippen LogP contribution in [0.25, 0.3) is 6.08 Å². The molecule has 2 aromatic rings. The number of anilines is 1. The first kappa shape index (κ1) is 25.7. The van der Waals surface area contributed by atoms with Gasteiger partial charge in [0.1, 0.15) is 5.75 Å². The van der Waals surface area contributed by atoms with Crippen LogP contribution in [0.3, 0.4) is 0 Å². The highest BCUT2D eigenvalue weighted by Crippen LogP contribution is 2.21. The van der Waals surface area contributed by atoms with Gasteiger partial charge >= 0.3 is 5.97 Å². The summed E-state index contributed by atoms with van der Waals surface area (Å²) in [6, 6.07) is 15.6. The molecule has 32 heavy (non-hydrogen) atoms. The third kappa shape index (κ3) is 10.2. The quantitative estimate of drug-likeness (QED) is 0.247. The Morgan fingerprint density at radius 3 is 2.53 bits per heavy atom. The van der Waals surface area contributed by atoms with E-state index in [0.29, 0.717) is 19.4 Å². The Hall–Kier alpha value is -2.57. The lowest BCUT2D eigenvalue weighted by atomic mass is 10.1. The molecular formula is C26H37NO4Si. The summed E-state index contributed by atoms with van der Waals surface area (Å²) in [7, 11) is -1.73. The molecule has 6 heteroatoms. The molecule has 0 saturated carbocycles. The van der Waals surface area contributed by atoms with Gasteiger partial charge in [-0.15, -0.1) is 0 Å². The molecule has 0 aliphatic carbocycles. The lowest BCUT2D eigenvalue weighted by Gasteiger charge is -2.24. The Bertz CT molecular complexity index is 889. The van der Waals surface area contributed by atoms with Gasteiger partial charge in [0.2, 0.25) is 0 Å². The van der Waals surface area contributed by atoms with Crippen LogP contribution in [-0.4, -0.2) is 33.1 Å². The number of esters is 1. The summed E-state index contributed by atoms with van der Waals surface area (Å²) < 4.78 is 17.7. The molecule has 0 heterocycles. The van der Waals surface area contributed by atoms with E-state index < -0.39 is 8.32 Å². The number of benzene rings is 2. The summed E-state index contributed by atoms with van der Waals surface area (Å²) in [6.45, 7) is 10.8.